The highest BCUT2D eigenvalue weighted by molar-refractivity contribution is 5.79. The maximum atomic E-state index is 11.5. The highest BCUT2D eigenvalue weighted by Gasteiger charge is 2.47. The largest absolute Gasteiger partial charge is 0.480 e. The molecule has 2 aliphatic carbocycles. The molecule has 0 aliphatic heterocycles. The Morgan fingerprint density at radius 1 is 1.50 bits per heavy atom. The van der Waals surface area contributed by atoms with E-state index in [1.807, 2.05) is 6.92 Å². The van der Waals surface area contributed by atoms with Crippen molar-refractivity contribution >= 4 is 5.97 Å². The summed E-state index contributed by atoms with van der Waals surface area (Å²) in [5.74, 6) is 0.160. The van der Waals surface area contributed by atoms with E-state index in [2.05, 4.69) is 24.2 Å². The van der Waals surface area contributed by atoms with Crippen LogP contribution in [0.2, 0.25) is 0 Å². The van der Waals surface area contributed by atoms with Gasteiger partial charge < -0.3 is 15.3 Å². The predicted molar refractivity (Wildman–Crippen MR) is 71.6 cm³/mol. The molecular formula is C14H26N2O2. The van der Waals surface area contributed by atoms with Crippen LogP contribution in [0, 0.1) is 5.92 Å². The monoisotopic (exact) mass is 254 g/mol. The molecular weight excluding hydrogens is 228 g/mol. The van der Waals surface area contributed by atoms with E-state index >= 15 is 0 Å². The van der Waals surface area contributed by atoms with E-state index in [-0.39, 0.29) is 0 Å². The van der Waals surface area contributed by atoms with Crippen molar-refractivity contribution < 1.29 is 9.90 Å². The second-order valence-corrected chi connectivity index (χ2v) is 6.06. The Morgan fingerprint density at radius 3 is 2.67 bits per heavy atom. The number of nitrogens with one attached hydrogen (secondary N) is 1. The zero-order chi connectivity index (χ0) is 13.3. The van der Waals surface area contributed by atoms with Gasteiger partial charge in [0.25, 0.3) is 0 Å². The molecule has 2 rings (SSSR count). The first-order valence-corrected chi connectivity index (χ1v) is 7.20. The molecule has 0 amide bonds. The molecule has 3 unspecified atom stereocenters. The van der Waals surface area contributed by atoms with Crippen LogP contribution in [0.1, 0.15) is 46.0 Å². The third-order valence-electron chi connectivity index (χ3n) is 4.94. The lowest BCUT2D eigenvalue weighted by molar-refractivity contribution is -0.144. The van der Waals surface area contributed by atoms with Gasteiger partial charge in [0.15, 0.2) is 0 Å². The number of carboxylic acid groups (broad SMARTS) is 1. The molecule has 2 saturated carbocycles. The van der Waals surface area contributed by atoms with E-state index in [9.17, 15) is 9.90 Å². The summed E-state index contributed by atoms with van der Waals surface area (Å²) >= 11 is 0. The van der Waals surface area contributed by atoms with Gasteiger partial charge in [0.05, 0.1) is 0 Å². The van der Waals surface area contributed by atoms with Gasteiger partial charge in [-0.2, -0.15) is 0 Å². The Bertz CT molecular complexity index is 317. The van der Waals surface area contributed by atoms with Gasteiger partial charge in [0, 0.05) is 12.1 Å². The average Bonchev–Trinajstić information content (AvgIpc) is 3.09. The van der Waals surface area contributed by atoms with Gasteiger partial charge in [-0.1, -0.05) is 6.92 Å². The van der Waals surface area contributed by atoms with Crippen molar-refractivity contribution in [2.24, 2.45) is 5.92 Å². The summed E-state index contributed by atoms with van der Waals surface area (Å²) in [6.07, 6.45) is 5.17. The summed E-state index contributed by atoms with van der Waals surface area (Å²) in [6, 6.07) is 1.01. The van der Waals surface area contributed by atoms with Crippen LogP contribution in [0.5, 0.6) is 0 Å². The van der Waals surface area contributed by atoms with Crippen LogP contribution in [-0.2, 0) is 4.79 Å². The summed E-state index contributed by atoms with van der Waals surface area (Å²) < 4.78 is 0. The Kier molecular flexibility index (Phi) is 3.97. The number of hydrogen-bond donors (Lipinski definition) is 2. The summed E-state index contributed by atoms with van der Waals surface area (Å²) in [4.78, 5) is 13.9. The second-order valence-electron chi connectivity index (χ2n) is 6.06. The topological polar surface area (TPSA) is 52.6 Å². The molecule has 0 radical (unpaired) electrons. The standard InChI is InChI=1S/C14H26N2O2/c1-4-15-14(13(17)18)8-7-12(9-14)16(3)10(2)11-5-6-11/h10-12,15H,4-9H2,1-3H3,(H,17,18). The summed E-state index contributed by atoms with van der Waals surface area (Å²) in [7, 11) is 2.16. The quantitative estimate of drug-likeness (QED) is 0.757. The molecule has 4 nitrogen and oxygen atoms in total. The third-order valence-corrected chi connectivity index (χ3v) is 4.94. The first-order valence-electron chi connectivity index (χ1n) is 7.20. The van der Waals surface area contributed by atoms with E-state index in [4.69, 9.17) is 0 Å². The van der Waals surface area contributed by atoms with E-state index in [0.717, 1.165) is 31.7 Å². The Hall–Kier alpha value is -0.610. The smallest absolute Gasteiger partial charge is 0.323 e. The van der Waals surface area contributed by atoms with E-state index < -0.39 is 11.5 Å². The van der Waals surface area contributed by atoms with Gasteiger partial charge in [-0.15, -0.1) is 0 Å². The minimum atomic E-state index is -0.684. The normalized spacial score (nSPS) is 33.9. The van der Waals surface area contributed by atoms with Crippen LogP contribution in [0.3, 0.4) is 0 Å². The van der Waals surface area contributed by atoms with Crippen LogP contribution in [0.25, 0.3) is 0 Å². The lowest BCUT2D eigenvalue weighted by atomic mass is 9.97. The van der Waals surface area contributed by atoms with Crippen molar-refractivity contribution in [2.45, 2.75) is 63.6 Å². The van der Waals surface area contributed by atoms with Crippen molar-refractivity contribution in [3.63, 3.8) is 0 Å². The van der Waals surface area contributed by atoms with Gasteiger partial charge in [-0.3, -0.25) is 4.79 Å². The molecule has 4 heteroatoms. The van der Waals surface area contributed by atoms with Crippen molar-refractivity contribution in [3.05, 3.63) is 0 Å². The Balaban J connectivity index is 1.98. The maximum absolute atomic E-state index is 11.5. The molecule has 0 aromatic rings. The van der Waals surface area contributed by atoms with Gasteiger partial charge >= 0.3 is 5.97 Å². The first kappa shape index (κ1) is 13.8. The summed E-state index contributed by atoms with van der Waals surface area (Å²) in [5, 5.41) is 12.7. The average molecular weight is 254 g/mol. The highest BCUT2D eigenvalue weighted by Crippen LogP contribution is 2.39. The molecule has 0 bridgehead atoms. The predicted octanol–water partition coefficient (Wildman–Crippen LogP) is 1.70. The van der Waals surface area contributed by atoms with Gasteiger partial charge in [-0.25, -0.2) is 0 Å². The number of carbonyl (C=O) groups is 1. The van der Waals surface area contributed by atoms with Crippen LogP contribution < -0.4 is 5.32 Å². The molecule has 3 atom stereocenters. The molecule has 2 aliphatic rings. The van der Waals surface area contributed by atoms with Crippen LogP contribution in [0.15, 0.2) is 0 Å². The molecule has 2 fully saturated rings. The number of likely N-dealkylation sites (N-methyl/N-ethyl adjacent to an activating group) is 1. The van der Waals surface area contributed by atoms with E-state index in [0.29, 0.717) is 12.1 Å². The number of aliphatic carboxylic acids is 1. The number of carboxylic acids is 1. The minimum Gasteiger partial charge on any atom is -0.480 e. The zero-order valence-electron chi connectivity index (χ0n) is 11.8. The van der Waals surface area contributed by atoms with Gasteiger partial charge in [-0.05, 0) is 58.5 Å². The van der Waals surface area contributed by atoms with E-state index in [1.165, 1.54) is 12.8 Å². The molecule has 0 spiro atoms. The van der Waals surface area contributed by atoms with Gasteiger partial charge in [0.1, 0.15) is 5.54 Å². The van der Waals surface area contributed by atoms with Crippen LogP contribution >= 0.6 is 0 Å². The second kappa shape index (κ2) is 5.17. The van der Waals surface area contributed by atoms with Crippen molar-refractivity contribution in [1.29, 1.82) is 0 Å². The van der Waals surface area contributed by atoms with E-state index in [1.54, 1.807) is 0 Å². The van der Waals surface area contributed by atoms with Crippen molar-refractivity contribution in [2.75, 3.05) is 13.6 Å². The minimum absolute atomic E-state index is 0.413. The fourth-order valence-electron chi connectivity index (χ4n) is 3.38. The molecule has 18 heavy (non-hydrogen) atoms. The first-order chi connectivity index (χ1) is 8.50. The Morgan fingerprint density at radius 2 is 2.17 bits per heavy atom. The lowest BCUT2D eigenvalue weighted by Gasteiger charge is -2.32. The molecule has 0 aromatic carbocycles. The number of hydrogen-bond acceptors (Lipinski definition) is 3. The van der Waals surface area contributed by atoms with Crippen LogP contribution in [0.4, 0.5) is 0 Å². The fraction of sp³-hybridized carbons (Fsp3) is 0.929. The molecule has 104 valence electrons. The maximum Gasteiger partial charge on any atom is 0.323 e. The lowest BCUT2D eigenvalue weighted by Crippen LogP contribution is -2.51. The third kappa shape index (κ3) is 2.54. The molecule has 0 saturated heterocycles. The molecule has 0 heterocycles. The van der Waals surface area contributed by atoms with Crippen molar-refractivity contribution in [1.82, 2.24) is 10.2 Å². The Labute approximate surface area is 110 Å². The summed E-state index contributed by atoms with van der Waals surface area (Å²) in [6.45, 7) is 4.99. The zero-order valence-corrected chi connectivity index (χ0v) is 11.8. The number of nitrogens with zero attached hydrogens (tertiary/aromatic N) is 1. The summed E-state index contributed by atoms with van der Waals surface area (Å²) in [5.41, 5.74) is -0.684. The van der Waals surface area contributed by atoms with Crippen molar-refractivity contribution in [3.8, 4) is 0 Å². The molecule has 0 aromatic heterocycles. The fourth-order valence-corrected chi connectivity index (χ4v) is 3.38. The number of rotatable bonds is 6. The molecule has 2 N–H and O–H groups in total. The SMILES string of the molecule is CCNC1(C(=O)O)CCC(N(C)C(C)C2CC2)C1. The van der Waals surface area contributed by atoms with Crippen LogP contribution in [-0.4, -0.2) is 47.2 Å². The highest BCUT2D eigenvalue weighted by atomic mass is 16.4. The van der Waals surface area contributed by atoms with Gasteiger partial charge in [0.2, 0.25) is 0 Å².